The molecule has 3 aromatic rings. The number of nitrogens with zero attached hydrogens (tertiary/aromatic N) is 2. The zero-order chi connectivity index (χ0) is 15.0. The van der Waals surface area contributed by atoms with Crippen molar-refractivity contribution < 1.29 is 0 Å². The van der Waals surface area contributed by atoms with E-state index >= 15 is 0 Å². The summed E-state index contributed by atoms with van der Waals surface area (Å²) < 4.78 is 1.07. The van der Waals surface area contributed by atoms with Crippen LogP contribution in [0, 0.1) is 13.8 Å². The van der Waals surface area contributed by atoms with Crippen LogP contribution in [0.3, 0.4) is 0 Å². The van der Waals surface area contributed by atoms with Gasteiger partial charge in [0.1, 0.15) is 0 Å². The zero-order valence-corrected chi connectivity index (χ0v) is 14.0. The highest BCUT2D eigenvalue weighted by Gasteiger charge is 2.07. The van der Waals surface area contributed by atoms with Crippen molar-refractivity contribution in [2.24, 2.45) is 0 Å². The molecule has 3 nitrogen and oxygen atoms in total. The Balaban J connectivity index is 1.98. The normalized spacial score (nSPS) is 10.9. The zero-order valence-electron chi connectivity index (χ0n) is 11.6. The second-order valence-corrected chi connectivity index (χ2v) is 6.14. The number of hydrogen-bond donors (Lipinski definition) is 1. The van der Waals surface area contributed by atoms with E-state index in [4.69, 9.17) is 11.6 Å². The van der Waals surface area contributed by atoms with Gasteiger partial charge in [0.15, 0.2) is 11.0 Å². The number of halogens is 2. The van der Waals surface area contributed by atoms with Gasteiger partial charge in [0.05, 0.1) is 11.4 Å². The fraction of sp³-hybridized carbons (Fsp3) is 0.125. The van der Waals surface area contributed by atoms with Crippen LogP contribution < -0.4 is 5.32 Å². The first-order valence-electron chi connectivity index (χ1n) is 6.50. The summed E-state index contributed by atoms with van der Waals surface area (Å²) in [5.41, 5.74) is 2.64. The van der Waals surface area contributed by atoms with Crippen LogP contribution in [0.4, 0.5) is 11.5 Å². The Hall–Kier alpha value is -1.65. The van der Waals surface area contributed by atoms with Gasteiger partial charge < -0.3 is 5.32 Å². The molecule has 0 atom stereocenters. The quantitative estimate of drug-likeness (QED) is 0.662. The molecule has 0 aliphatic rings. The monoisotopic (exact) mass is 361 g/mol. The van der Waals surface area contributed by atoms with E-state index in [0.717, 1.165) is 26.9 Å². The third-order valence-corrected chi connectivity index (χ3v) is 4.09. The number of aromatic nitrogens is 2. The second kappa shape index (κ2) is 5.62. The highest BCUT2D eigenvalue weighted by molar-refractivity contribution is 9.10. The van der Waals surface area contributed by atoms with Crippen molar-refractivity contribution >= 4 is 49.8 Å². The van der Waals surface area contributed by atoms with Crippen LogP contribution in [0.2, 0.25) is 5.15 Å². The number of nitrogens with one attached hydrogen (secondary N) is 1. The van der Waals surface area contributed by atoms with Gasteiger partial charge in [0.2, 0.25) is 0 Å². The first-order chi connectivity index (χ1) is 10.0. The molecule has 1 N–H and O–H groups in total. The maximum atomic E-state index is 6.15. The number of benzene rings is 2. The summed E-state index contributed by atoms with van der Waals surface area (Å²) in [5.74, 6) is 0.580. The maximum absolute atomic E-state index is 6.15. The van der Waals surface area contributed by atoms with Crippen LogP contribution in [0.25, 0.3) is 10.8 Å². The lowest BCUT2D eigenvalue weighted by molar-refractivity contribution is 1.05. The second-order valence-electron chi connectivity index (χ2n) is 4.87. The van der Waals surface area contributed by atoms with Crippen LogP contribution in [-0.4, -0.2) is 9.97 Å². The molecule has 1 heterocycles. The minimum atomic E-state index is 0.383. The lowest BCUT2D eigenvalue weighted by Gasteiger charge is -2.10. The summed E-state index contributed by atoms with van der Waals surface area (Å²) >= 11 is 9.63. The summed E-state index contributed by atoms with van der Waals surface area (Å²) in [6.07, 6.45) is 0. The Morgan fingerprint density at radius 2 is 1.62 bits per heavy atom. The Kier molecular flexibility index (Phi) is 3.83. The molecule has 106 valence electrons. The number of aryl methyl sites for hydroxylation is 2. The van der Waals surface area contributed by atoms with Gasteiger partial charge in [-0.2, -0.15) is 0 Å². The summed E-state index contributed by atoms with van der Waals surface area (Å²) in [6.45, 7) is 3.81. The van der Waals surface area contributed by atoms with Gasteiger partial charge in [-0.1, -0.05) is 39.7 Å². The summed E-state index contributed by atoms with van der Waals surface area (Å²) in [4.78, 5) is 8.73. The summed E-state index contributed by atoms with van der Waals surface area (Å²) in [5, 5.41) is 5.94. The molecule has 0 aliphatic heterocycles. The predicted molar refractivity (Wildman–Crippen MR) is 91.4 cm³/mol. The first-order valence-corrected chi connectivity index (χ1v) is 7.67. The van der Waals surface area contributed by atoms with Gasteiger partial charge in [-0.25, -0.2) is 9.97 Å². The lowest BCUT2D eigenvalue weighted by atomic mass is 10.1. The largest absolute Gasteiger partial charge is 0.338 e. The van der Waals surface area contributed by atoms with Crippen molar-refractivity contribution in [3.05, 3.63) is 57.4 Å². The predicted octanol–water partition coefficient (Wildman–Crippen LogP) is 5.41. The topological polar surface area (TPSA) is 37.8 Å². The van der Waals surface area contributed by atoms with Gasteiger partial charge in [-0.05, 0) is 48.9 Å². The molecular weight excluding hydrogens is 350 g/mol. The molecule has 0 amide bonds. The van der Waals surface area contributed by atoms with E-state index in [1.54, 1.807) is 0 Å². The van der Waals surface area contributed by atoms with E-state index in [9.17, 15) is 0 Å². The van der Waals surface area contributed by atoms with Crippen molar-refractivity contribution in [2.75, 3.05) is 5.32 Å². The third-order valence-electron chi connectivity index (χ3n) is 3.33. The molecule has 0 fully saturated rings. The Morgan fingerprint density at radius 3 is 2.43 bits per heavy atom. The van der Waals surface area contributed by atoms with E-state index in [1.807, 2.05) is 26.0 Å². The molecule has 2 aromatic carbocycles. The standard InChI is InChI=1S/C16H13BrClN3/c1-9-10(2)20-16(15(18)19-9)21-14-6-4-11-7-13(17)5-3-12(11)8-14/h3-8H,1-2H3,(H,20,21). The molecule has 3 rings (SSSR count). The minimum absolute atomic E-state index is 0.383. The Morgan fingerprint density at radius 1 is 0.952 bits per heavy atom. The van der Waals surface area contributed by atoms with E-state index in [2.05, 4.69) is 55.5 Å². The number of fused-ring (bicyclic) bond motifs is 1. The summed E-state index contributed by atoms with van der Waals surface area (Å²) in [7, 11) is 0. The van der Waals surface area contributed by atoms with E-state index in [-0.39, 0.29) is 0 Å². The molecular formula is C16H13BrClN3. The molecule has 1 aromatic heterocycles. The van der Waals surface area contributed by atoms with Crippen molar-refractivity contribution in [1.29, 1.82) is 0 Å². The van der Waals surface area contributed by atoms with Gasteiger partial charge in [-0.15, -0.1) is 0 Å². The van der Waals surface area contributed by atoms with Crippen LogP contribution in [-0.2, 0) is 0 Å². The van der Waals surface area contributed by atoms with Crippen molar-refractivity contribution in [3.8, 4) is 0 Å². The molecule has 0 aliphatic carbocycles. The van der Waals surface area contributed by atoms with Gasteiger partial charge in [0, 0.05) is 10.2 Å². The average Bonchev–Trinajstić information content (AvgIpc) is 2.45. The van der Waals surface area contributed by atoms with Crippen molar-refractivity contribution in [3.63, 3.8) is 0 Å². The average molecular weight is 363 g/mol. The maximum Gasteiger partial charge on any atom is 0.172 e. The van der Waals surface area contributed by atoms with E-state index < -0.39 is 0 Å². The molecule has 0 saturated heterocycles. The molecule has 0 saturated carbocycles. The molecule has 0 radical (unpaired) electrons. The first kappa shape index (κ1) is 14.3. The number of hydrogen-bond acceptors (Lipinski definition) is 3. The number of rotatable bonds is 2. The Bertz CT molecular complexity index is 833. The van der Waals surface area contributed by atoms with Gasteiger partial charge >= 0.3 is 0 Å². The molecule has 0 spiro atoms. The summed E-state index contributed by atoms with van der Waals surface area (Å²) in [6, 6.07) is 12.3. The van der Waals surface area contributed by atoms with Crippen LogP contribution in [0.1, 0.15) is 11.4 Å². The fourth-order valence-electron chi connectivity index (χ4n) is 2.09. The molecule has 5 heteroatoms. The van der Waals surface area contributed by atoms with Gasteiger partial charge in [-0.3, -0.25) is 0 Å². The number of anilines is 2. The Labute approximate surface area is 136 Å². The van der Waals surface area contributed by atoms with Crippen LogP contribution in [0.5, 0.6) is 0 Å². The van der Waals surface area contributed by atoms with Crippen LogP contribution in [0.15, 0.2) is 40.9 Å². The van der Waals surface area contributed by atoms with Crippen molar-refractivity contribution in [1.82, 2.24) is 9.97 Å². The van der Waals surface area contributed by atoms with Crippen molar-refractivity contribution in [2.45, 2.75) is 13.8 Å². The third kappa shape index (κ3) is 3.01. The fourth-order valence-corrected chi connectivity index (χ4v) is 2.68. The minimum Gasteiger partial charge on any atom is -0.338 e. The highest BCUT2D eigenvalue weighted by Crippen LogP contribution is 2.27. The lowest BCUT2D eigenvalue weighted by Crippen LogP contribution is -2.00. The van der Waals surface area contributed by atoms with E-state index in [1.165, 1.54) is 5.39 Å². The van der Waals surface area contributed by atoms with Crippen LogP contribution >= 0.6 is 27.5 Å². The highest BCUT2D eigenvalue weighted by atomic mass is 79.9. The smallest absolute Gasteiger partial charge is 0.172 e. The molecule has 0 bridgehead atoms. The molecule has 21 heavy (non-hydrogen) atoms. The SMILES string of the molecule is Cc1nc(Cl)c(Nc2ccc3cc(Br)ccc3c2)nc1C. The molecule has 0 unspecified atom stereocenters. The van der Waals surface area contributed by atoms with Gasteiger partial charge in [0.25, 0.3) is 0 Å². The van der Waals surface area contributed by atoms with E-state index in [0.29, 0.717) is 11.0 Å².